The first-order valence-electron chi connectivity index (χ1n) is 10.7. The molecule has 6 nitrogen and oxygen atoms in total. The summed E-state index contributed by atoms with van der Waals surface area (Å²) in [6, 6.07) is 20.4. The smallest absolute Gasteiger partial charge is 0.269 e. The van der Waals surface area contributed by atoms with Crippen molar-refractivity contribution in [3.05, 3.63) is 111 Å². The van der Waals surface area contributed by atoms with E-state index in [9.17, 15) is 14.9 Å². The van der Waals surface area contributed by atoms with Crippen LogP contribution in [0.2, 0.25) is 0 Å². The summed E-state index contributed by atoms with van der Waals surface area (Å²) < 4.78 is 0. The molecule has 0 saturated heterocycles. The summed E-state index contributed by atoms with van der Waals surface area (Å²) in [6.07, 6.45) is 5.36. The molecule has 0 fully saturated rings. The minimum atomic E-state index is -0.375. The maximum atomic E-state index is 12.8. The fraction of sp³-hybridized carbons (Fsp3) is 0.192. The van der Waals surface area contributed by atoms with E-state index in [1.54, 1.807) is 12.1 Å². The number of nitrogens with one attached hydrogen (secondary N) is 2. The number of carbonyl (C=O) groups is 1. The van der Waals surface area contributed by atoms with E-state index in [1.807, 2.05) is 55.5 Å². The highest BCUT2D eigenvalue weighted by molar-refractivity contribution is 6.05. The Hall–Kier alpha value is -3.93. The van der Waals surface area contributed by atoms with Crippen LogP contribution in [0.4, 0.5) is 17.1 Å². The molecule has 0 radical (unpaired) electrons. The van der Waals surface area contributed by atoms with Crippen molar-refractivity contribution >= 4 is 23.0 Å². The molecule has 1 aliphatic heterocycles. The number of hydrogen-bond acceptors (Lipinski definition) is 4. The molecule has 3 unspecified atom stereocenters. The van der Waals surface area contributed by atoms with Crippen molar-refractivity contribution in [1.82, 2.24) is 0 Å². The number of anilines is 2. The summed E-state index contributed by atoms with van der Waals surface area (Å²) in [5.41, 5.74) is 5.69. The quantitative estimate of drug-likeness (QED) is 0.306. The number of amides is 1. The number of non-ortho nitro benzene ring substituents is 1. The molecule has 0 aromatic heterocycles. The number of nitrogens with zero attached hydrogens (tertiary/aromatic N) is 1. The Bertz CT molecular complexity index is 1230. The number of rotatable bonds is 4. The summed E-state index contributed by atoms with van der Waals surface area (Å²) in [4.78, 5) is 23.4. The maximum Gasteiger partial charge on any atom is 0.269 e. The molecule has 32 heavy (non-hydrogen) atoms. The van der Waals surface area contributed by atoms with Gasteiger partial charge in [-0.25, -0.2) is 0 Å². The van der Waals surface area contributed by atoms with Gasteiger partial charge in [0, 0.05) is 35.0 Å². The molecule has 2 aliphatic rings. The Balaban J connectivity index is 1.42. The van der Waals surface area contributed by atoms with Gasteiger partial charge < -0.3 is 10.6 Å². The van der Waals surface area contributed by atoms with Crippen molar-refractivity contribution in [2.45, 2.75) is 25.3 Å². The molecule has 160 valence electrons. The zero-order valence-corrected chi connectivity index (χ0v) is 17.6. The molecule has 1 aliphatic carbocycles. The number of carbonyl (C=O) groups excluding carboxylic acids is 1. The first-order valence-corrected chi connectivity index (χ1v) is 10.7. The first kappa shape index (κ1) is 20.0. The molecule has 2 N–H and O–H groups in total. The molecular formula is C26H23N3O3. The van der Waals surface area contributed by atoms with E-state index in [-0.39, 0.29) is 28.5 Å². The second-order valence-corrected chi connectivity index (χ2v) is 8.40. The third-order valence-electron chi connectivity index (χ3n) is 6.47. The van der Waals surface area contributed by atoms with Crippen LogP contribution in [0.25, 0.3) is 0 Å². The zero-order valence-electron chi connectivity index (χ0n) is 17.6. The van der Waals surface area contributed by atoms with Crippen LogP contribution in [-0.2, 0) is 0 Å². The van der Waals surface area contributed by atoms with Gasteiger partial charge in [0.25, 0.3) is 11.6 Å². The lowest BCUT2D eigenvalue weighted by atomic mass is 9.77. The lowest BCUT2D eigenvalue weighted by Gasteiger charge is -2.37. The van der Waals surface area contributed by atoms with E-state index in [0.29, 0.717) is 11.5 Å². The Morgan fingerprint density at radius 1 is 1.09 bits per heavy atom. The summed E-state index contributed by atoms with van der Waals surface area (Å²) in [7, 11) is 0. The minimum absolute atomic E-state index is 0.0655. The molecule has 3 atom stereocenters. The van der Waals surface area contributed by atoms with E-state index in [4.69, 9.17) is 0 Å². The number of benzene rings is 3. The van der Waals surface area contributed by atoms with Gasteiger partial charge in [-0.1, -0.05) is 42.5 Å². The molecule has 0 spiro atoms. The van der Waals surface area contributed by atoms with Gasteiger partial charge in [-0.15, -0.1) is 0 Å². The summed E-state index contributed by atoms with van der Waals surface area (Å²) in [5.74, 6) is 0.419. The Kier molecular flexibility index (Phi) is 4.98. The maximum absolute atomic E-state index is 12.8. The van der Waals surface area contributed by atoms with Gasteiger partial charge in [-0.05, 0) is 60.2 Å². The van der Waals surface area contributed by atoms with Crippen LogP contribution in [-0.4, -0.2) is 10.8 Å². The number of nitro groups is 1. The zero-order chi connectivity index (χ0) is 22.2. The van der Waals surface area contributed by atoms with Crippen molar-refractivity contribution < 1.29 is 9.72 Å². The van der Waals surface area contributed by atoms with Crippen LogP contribution < -0.4 is 10.6 Å². The summed E-state index contributed by atoms with van der Waals surface area (Å²) in [6.45, 7) is 1.93. The summed E-state index contributed by atoms with van der Waals surface area (Å²) >= 11 is 0. The molecule has 0 saturated carbocycles. The Morgan fingerprint density at radius 3 is 2.62 bits per heavy atom. The van der Waals surface area contributed by atoms with Crippen LogP contribution in [0.3, 0.4) is 0 Å². The van der Waals surface area contributed by atoms with Gasteiger partial charge in [0.1, 0.15) is 0 Å². The van der Waals surface area contributed by atoms with Crippen LogP contribution in [0, 0.1) is 23.0 Å². The fourth-order valence-corrected chi connectivity index (χ4v) is 4.83. The van der Waals surface area contributed by atoms with Gasteiger partial charge in [0.2, 0.25) is 0 Å². The first-order chi connectivity index (χ1) is 15.5. The average Bonchev–Trinajstić information content (AvgIpc) is 3.29. The van der Waals surface area contributed by atoms with Crippen LogP contribution >= 0.6 is 0 Å². The van der Waals surface area contributed by atoms with E-state index < -0.39 is 0 Å². The monoisotopic (exact) mass is 425 g/mol. The van der Waals surface area contributed by atoms with Crippen molar-refractivity contribution in [2.24, 2.45) is 5.92 Å². The third kappa shape index (κ3) is 3.54. The van der Waals surface area contributed by atoms with Gasteiger partial charge in [0.05, 0.1) is 11.0 Å². The van der Waals surface area contributed by atoms with Crippen LogP contribution in [0.15, 0.2) is 78.9 Å². The molecule has 3 aromatic rings. The highest BCUT2D eigenvalue weighted by Crippen LogP contribution is 2.50. The summed E-state index contributed by atoms with van der Waals surface area (Å²) in [5, 5.41) is 17.7. The minimum Gasteiger partial charge on any atom is -0.378 e. The number of fused-ring (bicyclic) bond motifs is 3. The molecule has 6 heteroatoms. The van der Waals surface area contributed by atoms with Crippen molar-refractivity contribution in [3.63, 3.8) is 0 Å². The highest BCUT2D eigenvalue weighted by Gasteiger charge is 2.38. The Morgan fingerprint density at radius 2 is 1.88 bits per heavy atom. The van der Waals surface area contributed by atoms with Crippen molar-refractivity contribution in [1.29, 1.82) is 0 Å². The average molecular weight is 425 g/mol. The van der Waals surface area contributed by atoms with Crippen LogP contribution in [0.5, 0.6) is 0 Å². The normalized spacial score (nSPS) is 20.7. The number of nitro benzene ring substituents is 1. The standard InChI is InChI=1S/C26H23N3O3/c1-16-5-2-3-6-20(16)26(30)27-18-11-14-24-23(15-18)21-7-4-8-22(21)25(28-24)17-9-12-19(13-10-17)29(31)32/h2-7,9-15,21-22,25,28H,8H2,1H3,(H,27,30). The van der Waals surface area contributed by atoms with E-state index in [0.717, 1.165) is 34.5 Å². The largest absolute Gasteiger partial charge is 0.378 e. The molecule has 0 bridgehead atoms. The molecular weight excluding hydrogens is 402 g/mol. The second kappa shape index (κ2) is 7.96. The Labute approximate surface area is 186 Å². The van der Waals surface area contributed by atoms with E-state index in [2.05, 4.69) is 28.9 Å². The van der Waals surface area contributed by atoms with Crippen molar-refractivity contribution in [3.8, 4) is 0 Å². The lowest BCUT2D eigenvalue weighted by molar-refractivity contribution is -0.384. The number of allylic oxidation sites excluding steroid dienone is 2. The van der Waals surface area contributed by atoms with Crippen molar-refractivity contribution in [2.75, 3.05) is 10.6 Å². The van der Waals surface area contributed by atoms with Crippen LogP contribution in [0.1, 0.15) is 45.4 Å². The van der Waals surface area contributed by atoms with E-state index >= 15 is 0 Å². The third-order valence-corrected chi connectivity index (χ3v) is 6.47. The molecule has 1 amide bonds. The van der Waals surface area contributed by atoms with Gasteiger partial charge in [-0.2, -0.15) is 0 Å². The van der Waals surface area contributed by atoms with E-state index in [1.165, 1.54) is 0 Å². The topological polar surface area (TPSA) is 84.3 Å². The number of hydrogen-bond donors (Lipinski definition) is 2. The molecule has 5 rings (SSSR count). The van der Waals surface area contributed by atoms with Gasteiger partial charge in [0.15, 0.2) is 0 Å². The SMILES string of the molecule is Cc1ccccc1C(=O)Nc1ccc2c(c1)C1C=CCC1C(c1ccc([N+](=O)[O-])cc1)N2. The van der Waals surface area contributed by atoms with Gasteiger partial charge in [-0.3, -0.25) is 14.9 Å². The number of aryl methyl sites for hydroxylation is 1. The lowest BCUT2D eigenvalue weighted by Crippen LogP contribution is -2.29. The van der Waals surface area contributed by atoms with Gasteiger partial charge >= 0.3 is 0 Å². The highest BCUT2D eigenvalue weighted by atomic mass is 16.6. The fourth-order valence-electron chi connectivity index (χ4n) is 4.83. The molecule has 3 aromatic carbocycles. The predicted octanol–water partition coefficient (Wildman–Crippen LogP) is 5.98. The second-order valence-electron chi connectivity index (χ2n) is 8.40. The predicted molar refractivity (Wildman–Crippen MR) is 125 cm³/mol. The molecule has 1 heterocycles.